The molecule has 4 rings (SSSR count). The van der Waals surface area contributed by atoms with Crippen LogP contribution in [0.1, 0.15) is 17.5 Å². The van der Waals surface area contributed by atoms with E-state index < -0.39 is 27.3 Å². The van der Waals surface area contributed by atoms with Crippen molar-refractivity contribution in [2.24, 2.45) is 0 Å². The highest BCUT2D eigenvalue weighted by molar-refractivity contribution is 7.88. The summed E-state index contributed by atoms with van der Waals surface area (Å²) >= 11 is 0. The van der Waals surface area contributed by atoms with Gasteiger partial charge in [0.15, 0.2) is 12.3 Å². The maximum atomic E-state index is 13.0. The van der Waals surface area contributed by atoms with Crippen LogP contribution >= 0.6 is 0 Å². The summed E-state index contributed by atoms with van der Waals surface area (Å²) in [5.41, 5.74) is -3.03. The number of hydrogen-bond acceptors (Lipinski definition) is 5. The number of aryl methyl sites for hydroxylation is 2. The predicted octanol–water partition coefficient (Wildman–Crippen LogP) is 4.95. The number of fused-ring (bicyclic) bond motifs is 2. The fourth-order valence-electron chi connectivity index (χ4n) is 3.90. The molecule has 1 aromatic heterocycles. The summed E-state index contributed by atoms with van der Waals surface area (Å²) in [5.74, 6) is -0.894. The van der Waals surface area contributed by atoms with Crippen LogP contribution in [0.5, 0.6) is 5.75 Å². The minimum absolute atomic E-state index is 0.00834. The topological polar surface area (TPSA) is 73.5 Å². The molecule has 182 valence electrons. The number of benzene rings is 3. The lowest BCUT2D eigenvalue weighted by molar-refractivity contribution is -0.644. The number of rotatable bonds is 7. The van der Waals surface area contributed by atoms with Gasteiger partial charge in [-0.25, -0.2) is 0 Å². The highest BCUT2D eigenvalue weighted by Crippen LogP contribution is 2.35. The molecule has 6 nitrogen and oxygen atoms in total. The first-order valence-corrected chi connectivity index (χ1v) is 12.0. The van der Waals surface area contributed by atoms with Crippen molar-refractivity contribution in [2.45, 2.75) is 32.0 Å². The van der Waals surface area contributed by atoms with Crippen molar-refractivity contribution in [3.63, 3.8) is 0 Å². The van der Waals surface area contributed by atoms with E-state index >= 15 is 0 Å². The lowest BCUT2D eigenvalue weighted by Crippen LogP contribution is -2.37. The van der Waals surface area contributed by atoms with Crippen LogP contribution in [0.25, 0.3) is 21.8 Å². The van der Waals surface area contributed by atoms with Crippen molar-refractivity contribution in [2.75, 3.05) is 0 Å². The van der Waals surface area contributed by atoms with Crippen LogP contribution in [0.3, 0.4) is 0 Å². The molecule has 0 saturated heterocycles. The highest BCUT2D eigenvalue weighted by atomic mass is 32.2. The zero-order chi connectivity index (χ0) is 25.2. The maximum Gasteiger partial charge on any atom is 0.534 e. The van der Waals surface area contributed by atoms with Crippen molar-refractivity contribution < 1.29 is 39.9 Å². The average molecular weight is 505 g/mol. The van der Waals surface area contributed by atoms with E-state index in [4.69, 9.17) is 4.74 Å². The molecule has 3 aromatic carbocycles. The molecule has 4 aromatic rings. The molecule has 10 heteroatoms. The smallest absolute Gasteiger partial charge is 0.461 e. The fourth-order valence-corrected chi connectivity index (χ4v) is 4.37. The van der Waals surface area contributed by atoms with Gasteiger partial charge in [0.2, 0.25) is 11.0 Å². The summed E-state index contributed by atoms with van der Waals surface area (Å²) in [5, 5.41) is 0.884. The lowest BCUT2D eigenvalue weighted by Gasteiger charge is -2.14. The summed E-state index contributed by atoms with van der Waals surface area (Å²) in [4.78, 5) is 12.4. The number of alkyl halides is 3. The van der Waals surface area contributed by atoms with Gasteiger partial charge in [-0.2, -0.15) is 26.2 Å². The van der Waals surface area contributed by atoms with E-state index in [1.807, 2.05) is 36.4 Å². The van der Waals surface area contributed by atoms with Gasteiger partial charge in [0.1, 0.15) is 13.0 Å². The second-order valence-corrected chi connectivity index (χ2v) is 9.36. The van der Waals surface area contributed by atoms with Crippen LogP contribution in [-0.4, -0.2) is 19.9 Å². The van der Waals surface area contributed by atoms with E-state index in [2.05, 4.69) is 4.18 Å². The molecule has 0 radical (unpaired) electrons. The molecule has 0 N–H and O–H groups in total. The largest absolute Gasteiger partial charge is 0.534 e. The summed E-state index contributed by atoms with van der Waals surface area (Å²) in [6, 6.07) is 20.5. The Morgan fingerprint density at radius 1 is 0.914 bits per heavy atom. The zero-order valence-corrected chi connectivity index (χ0v) is 19.4. The van der Waals surface area contributed by atoms with E-state index in [0.29, 0.717) is 16.5 Å². The number of halogens is 3. The van der Waals surface area contributed by atoms with E-state index in [1.165, 1.54) is 12.1 Å². The summed E-state index contributed by atoms with van der Waals surface area (Å²) in [6.07, 6.45) is -0.00834. The maximum absolute atomic E-state index is 13.0. The van der Waals surface area contributed by atoms with Gasteiger partial charge in [-0.15, -0.1) is 0 Å². The van der Waals surface area contributed by atoms with Crippen LogP contribution in [-0.2, 0) is 32.8 Å². The van der Waals surface area contributed by atoms with Gasteiger partial charge in [-0.3, -0.25) is 4.79 Å². The molecule has 0 bridgehead atoms. The molecule has 0 aliphatic heterocycles. The third-order valence-electron chi connectivity index (χ3n) is 5.53. The predicted molar refractivity (Wildman–Crippen MR) is 123 cm³/mol. The second-order valence-electron chi connectivity index (χ2n) is 7.82. The minimum Gasteiger partial charge on any atom is -0.461 e. The van der Waals surface area contributed by atoms with E-state index in [1.54, 1.807) is 35.8 Å². The fraction of sp³-hybridized carbons (Fsp3) is 0.200. The first-order valence-electron chi connectivity index (χ1n) is 10.6. The van der Waals surface area contributed by atoms with Gasteiger partial charge in [0.25, 0.3) is 0 Å². The number of para-hydroxylation sites is 1. The monoisotopic (exact) mass is 504 g/mol. The van der Waals surface area contributed by atoms with Gasteiger partial charge >= 0.3 is 21.6 Å². The normalized spacial score (nSPS) is 12.1. The van der Waals surface area contributed by atoms with E-state index in [0.717, 1.165) is 11.1 Å². The Bertz CT molecular complexity index is 1500. The van der Waals surface area contributed by atoms with Crippen molar-refractivity contribution in [3.8, 4) is 5.75 Å². The van der Waals surface area contributed by atoms with Crippen molar-refractivity contribution in [3.05, 3.63) is 83.9 Å². The molecule has 0 atom stereocenters. The Morgan fingerprint density at radius 3 is 2.29 bits per heavy atom. The quantitative estimate of drug-likeness (QED) is 0.117. The Hall–Kier alpha value is -3.66. The Balaban J connectivity index is 1.72. The van der Waals surface area contributed by atoms with Crippen molar-refractivity contribution in [1.29, 1.82) is 0 Å². The number of carbonyl (C=O) groups is 1. The molecule has 0 fully saturated rings. The third-order valence-corrected chi connectivity index (χ3v) is 6.50. The van der Waals surface area contributed by atoms with Crippen molar-refractivity contribution >= 4 is 37.9 Å². The molecule has 35 heavy (non-hydrogen) atoms. The first kappa shape index (κ1) is 24.5. The standard InChI is InChI=1S/C25H21F3NO5S/c1-17-19-10-5-6-11-20(19)29(15-14-23(30)33-16-18-8-3-2-4-9-18)21-12-7-13-22(24(17)21)34-35(31,32)25(26,27)28/h2-13H,14-16H2,1H3/q+1. The second kappa shape index (κ2) is 9.53. The van der Waals surface area contributed by atoms with E-state index in [-0.39, 0.29) is 25.0 Å². The Labute approximate surface area is 199 Å². The third kappa shape index (κ3) is 5.07. The molecule has 0 amide bonds. The van der Waals surface area contributed by atoms with Crippen LogP contribution in [0.15, 0.2) is 72.8 Å². The van der Waals surface area contributed by atoms with Crippen LogP contribution in [0, 0.1) is 6.92 Å². The highest BCUT2D eigenvalue weighted by Gasteiger charge is 2.49. The number of esters is 1. The molecule has 0 aliphatic rings. The van der Waals surface area contributed by atoms with Crippen molar-refractivity contribution in [1.82, 2.24) is 0 Å². The molecule has 0 aliphatic carbocycles. The van der Waals surface area contributed by atoms with Gasteiger partial charge in [-0.05, 0) is 30.2 Å². The molecule has 0 saturated carbocycles. The molecular formula is C25H21F3NO5S+. The number of ether oxygens (including phenoxy) is 1. The van der Waals surface area contributed by atoms with Gasteiger partial charge in [-0.1, -0.05) is 48.5 Å². The lowest BCUT2D eigenvalue weighted by atomic mass is 10.0. The minimum atomic E-state index is -5.87. The Kier molecular flexibility index (Phi) is 6.66. The van der Waals surface area contributed by atoms with Gasteiger partial charge < -0.3 is 8.92 Å². The van der Waals surface area contributed by atoms with Gasteiger partial charge in [0, 0.05) is 12.1 Å². The van der Waals surface area contributed by atoms with Gasteiger partial charge in [0.05, 0.1) is 10.8 Å². The summed E-state index contributed by atoms with van der Waals surface area (Å²) < 4.78 is 74.0. The zero-order valence-electron chi connectivity index (χ0n) is 18.6. The summed E-state index contributed by atoms with van der Waals surface area (Å²) in [7, 11) is -5.87. The SMILES string of the molecule is Cc1c2ccccc2[n+](CCC(=O)OCc2ccccc2)c2cccc(OS(=O)(=O)C(F)(F)F)c12. The Morgan fingerprint density at radius 2 is 1.57 bits per heavy atom. The molecular weight excluding hydrogens is 483 g/mol. The van der Waals surface area contributed by atoms with E-state index in [9.17, 15) is 26.4 Å². The average Bonchev–Trinajstić information content (AvgIpc) is 2.82. The van der Waals surface area contributed by atoms with Crippen LogP contribution in [0.2, 0.25) is 0 Å². The number of nitrogens with zero attached hydrogens (tertiary/aromatic N) is 1. The summed E-state index contributed by atoms with van der Waals surface area (Å²) in [6.45, 7) is 1.95. The molecule has 0 spiro atoms. The van der Waals surface area contributed by atoms with Crippen LogP contribution < -0.4 is 8.75 Å². The molecule has 1 heterocycles. The number of hydrogen-bond donors (Lipinski definition) is 0. The van der Waals surface area contributed by atoms with Crippen LogP contribution in [0.4, 0.5) is 13.2 Å². The number of carbonyl (C=O) groups excluding carboxylic acids is 1. The number of aromatic nitrogens is 1. The molecule has 0 unspecified atom stereocenters. The first-order chi connectivity index (χ1) is 16.6. The number of pyridine rings is 1.